The van der Waals surface area contributed by atoms with E-state index in [4.69, 9.17) is 5.73 Å². The van der Waals surface area contributed by atoms with Crippen molar-refractivity contribution in [1.29, 1.82) is 0 Å². The molecule has 0 unspecified atom stereocenters. The maximum atomic E-state index is 13.1. The van der Waals surface area contributed by atoms with E-state index in [2.05, 4.69) is 31.8 Å². The highest BCUT2D eigenvalue weighted by Crippen LogP contribution is 2.42. The summed E-state index contributed by atoms with van der Waals surface area (Å²) in [7, 11) is 0. The Balaban J connectivity index is 0.00000240. The van der Waals surface area contributed by atoms with Gasteiger partial charge in [0, 0.05) is 30.8 Å². The van der Waals surface area contributed by atoms with Crippen molar-refractivity contribution < 1.29 is 23.0 Å². The van der Waals surface area contributed by atoms with Gasteiger partial charge in [0.15, 0.2) is 11.5 Å². The predicted octanol–water partition coefficient (Wildman–Crippen LogP) is 3.04. The summed E-state index contributed by atoms with van der Waals surface area (Å²) >= 11 is 0. The molecule has 0 bridgehead atoms. The predicted molar refractivity (Wildman–Crippen MR) is 107 cm³/mol. The third-order valence-corrected chi connectivity index (χ3v) is 5.10. The number of benzene rings is 2. The average Bonchev–Trinajstić information content (AvgIpc) is 3.20. The zero-order valence-corrected chi connectivity index (χ0v) is 16.3. The van der Waals surface area contributed by atoms with E-state index in [0.29, 0.717) is 12.2 Å². The number of anilines is 1. The molecule has 0 spiro atoms. The molecule has 0 aliphatic carbocycles. The van der Waals surface area contributed by atoms with Crippen LogP contribution < -0.4 is 20.5 Å². The number of nitrogens with two attached hydrogens (primary N) is 1. The first kappa shape index (κ1) is 21.3. The van der Waals surface area contributed by atoms with Gasteiger partial charge in [-0.2, -0.15) is 0 Å². The van der Waals surface area contributed by atoms with Crippen LogP contribution in [0, 0.1) is 5.92 Å². The van der Waals surface area contributed by atoms with E-state index in [9.17, 15) is 13.6 Å². The van der Waals surface area contributed by atoms with Gasteiger partial charge in [0.05, 0.1) is 6.54 Å². The third kappa shape index (κ3) is 4.77. The highest BCUT2D eigenvalue weighted by molar-refractivity contribution is 5.92. The quantitative estimate of drug-likeness (QED) is 0.770. The number of nitrogens with one attached hydrogen (secondary N) is 1. The summed E-state index contributed by atoms with van der Waals surface area (Å²) in [5, 5.41) is 2.72. The van der Waals surface area contributed by atoms with Crippen molar-refractivity contribution in [3.63, 3.8) is 0 Å². The number of fused-ring (bicyclic) bond motifs is 1. The molecule has 3 N–H and O–H groups in total. The molecule has 6 nitrogen and oxygen atoms in total. The van der Waals surface area contributed by atoms with Gasteiger partial charge in [0.25, 0.3) is 0 Å². The normalized spacial score (nSPS) is 22.2. The van der Waals surface area contributed by atoms with Crippen LogP contribution in [0.4, 0.5) is 14.5 Å². The molecular weight excluding hydrogens is 404 g/mol. The van der Waals surface area contributed by atoms with E-state index < -0.39 is 6.29 Å². The van der Waals surface area contributed by atoms with Crippen molar-refractivity contribution in [2.75, 3.05) is 31.5 Å². The number of alkyl halides is 2. The van der Waals surface area contributed by atoms with Crippen LogP contribution in [0.2, 0.25) is 0 Å². The molecule has 2 atom stereocenters. The lowest BCUT2D eigenvalue weighted by Crippen LogP contribution is -2.32. The molecule has 2 aromatic rings. The van der Waals surface area contributed by atoms with E-state index in [1.54, 1.807) is 0 Å². The second-order valence-electron chi connectivity index (χ2n) is 7.08. The van der Waals surface area contributed by atoms with Crippen LogP contribution >= 0.6 is 12.4 Å². The molecule has 0 saturated carbocycles. The number of carbonyl (C=O) groups excluding carboxylic acids is 1. The summed E-state index contributed by atoms with van der Waals surface area (Å²) in [6.45, 7) is 2.22. The molecule has 9 heteroatoms. The van der Waals surface area contributed by atoms with E-state index in [0.717, 1.165) is 13.1 Å². The topological polar surface area (TPSA) is 76.8 Å². The number of hydrogen-bond acceptors (Lipinski definition) is 5. The summed E-state index contributed by atoms with van der Waals surface area (Å²) in [6.07, 6.45) is -3.68. The average molecular weight is 426 g/mol. The Morgan fingerprint density at radius 2 is 1.86 bits per heavy atom. The Morgan fingerprint density at radius 3 is 2.59 bits per heavy atom. The van der Waals surface area contributed by atoms with Gasteiger partial charge in [-0.1, -0.05) is 30.3 Å². The number of rotatable bonds is 5. The maximum Gasteiger partial charge on any atom is 0.586 e. The fraction of sp³-hybridized carbons (Fsp3) is 0.350. The molecule has 156 valence electrons. The van der Waals surface area contributed by atoms with E-state index >= 15 is 0 Å². The van der Waals surface area contributed by atoms with Crippen LogP contribution in [0.25, 0.3) is 0 Å². The molecule has 1 fully saturated rings. The third-order valence-electron chi connectivity index (χ3n) is 5.10. The molecule has 2 aliphatic heterocycles. The number of nitrogens with zero attached hydrogens (tertiary/aromatic N) is 1. The van der Waals surface area contributed by atoms with Gasteiger partial charge in [0.2, 0.25) is 5.91 Å². The van der Waals surface area contributed by atoms with E-state index in [-0.39, 0.29) is 48.2 Å². The smallest absolute Gasteiger partial charge is 0.395 e. The van der Waals surface area contributed by atoms with Gasteiger partial charge < -0.3 is 20.5 Å². The van der Waals surface area contributed by atoms with Crippen LogP contribution in [0.15, 0.2) is 48.5 Å². The highest BCUT2D eigenvalue weighted by Gasteiger charge is 2.43. The minimum absolute atomic E-state index is 0. The minimum atomic E-state index is -3.68. The van der Waals surface area contributed by atoms with Gasteiger partial charge in [-0.3, -0.25) is 9.69 Å². The maximum absolute atomic E-state index is 13.1. The molecule has 0 aromatic heterocycles. The molecule has 2 aromatic carbocycles. The fourth-order valence-electron chi connectivity index (χ4n) is 3.84. The van der Waals surface area contributed by atoms with Crippen LogP contribution in [0.1, 0.15) is 11.5 Å². The molecular formula is C20H22ClF2N3O3. The lowest BCUT2D eigenvalue weighted by atomic mass is 9.89. The van der Waals surface area contributed by atoms with Crippen molar-refractivity contribution >= 4 is 24.0 Å². The molecule has 29 heavy (non-hydrogen) atoms. The largest absolute Gasteiger partial charge is 0.586 e. The van der Waals surface area contributed by atoms with E-state index in [1.807, 2.05) is 18.2 Å². The highest BCUT2D eigenvalue weighted by atomic mass is 35.5. The van der Waals surface area contributed by atoms with Gasteiger partial charge in [-0.15, -0.1) is 21.2 Å². The number of carbonyl (C=O) groups is 1. The fourth-order valence-corrected chi connectivity index (χ4v) is 3.84. The number of halogens is 3. The SMILES string of the molecule is Cl.NC[C@@H]1CN(CC(=O)Nc2ccc3c(c2)OC(F)(F)O3)C[C@H]1c1ccccc1. The van der Waals surface area contributed by atoms with Gasteiger partial charge in [-0.05, 0) is 30.2 Å². The number of likely N-dealkylation sites (tertiary alicyclic amines) is 1. The zero-order valence-electron chi connectivity index (χ0n) is 15.5. The van der Waals surface area contributed by atoms with Gasteiger partial charge in [0.1, 0.15) is 0 Å². The zero-order chi connectivity index (χ0) is 19.7. The Hall–Kier alpha value is -2.42. The first-order valence-electron chi connectivity index (χ1n) is 9.10. The molecule has 2 aliphatic rings. The van der Waals surface area contributed by atoms with E-state index in [1.165, 1.54) is 23.8 Å². The van der Waals surface area contributed by atoms with Crippen LogP contribution in [0.5, 0.6) is 11.5 Å². The van der Waals surface area contributed by atoms with Crippen molar-refractivity contribution in [2.24, 2.45) is 11.7 Å². The summed E-state index contributed by atoms with van der Waals surface area (Å²) in [5.41, 5.74) is 7.53. The Bertz CT molecular complexity index is 869. The van der Waals surface area contributed by atoms with Crippen LogP contribution in [0.3, 0.4) is 0 Å². The van der Waals surface area contributed by atoms with Crippen molar-refractivity contribution in [2.45, 2.75) is 12.2 Å². The minimum Gasteiger partial charge on any atom is -0.395 e. The molecule has 4 rings (SSSR count). The first-order valence-corrected chi connectivity index (χ1v) is 9.10. The monoisotopic (exact) mass is 425 g/mol. The number of hydrogen-bond donors (Lipinski definition) is 2. The first-order chi connectivity index (χ1) is 13.4. The van der Waals surface area contributed by atoms with Crippen molar-refractivity contribution in [1.82, 2.24) is 4.90 Å². The van der Waals surface area contributed by atoms with Gasteiger partial charge in [-0.25, -0.2) is 0 Å². The van der Waals surface area contributed by atoms with Crippen LogP contribution in [-0.4, -0.2) is 43.3 Å². The number of amides is 1. The number of ether oxygens (including phenoxy) is 2. The molecule has 2 heterocycles. The molecule has 1 saturated heterocycles. The van der Waals surface area contributed by atoms with Crippen LogP contribution in [-0.2, 0) is 4.79 Å². The standard InChI is InChI=1S/C20H21F2N3O3.ClH/c21-20(22)27-17-7-6-15(8-18(17)28-20)24-19(26)12-25-10-14(9-23)16(11-25)13-4-2-1-3-5-13;/h1-8,14,16H,9-12,23H2,(H,24,26);1H/t14-,16+;/m1./s1. The van der Waals surface area contributed by atoms with Crippen molar-refractivity contribution in [3.05, 3.63) is 54.1 Å². The molecule has 1 amide bonds. The van der Waals surface area contributed by atoms with Crippen molar-refractivity contribution in [3.8, 4) is 11.5 Å². The summed E-state index contributed by atoms with van der Waals surface area (Å²) in [5.74, 6) is 0.181. The molecule has 0 radical (unpaired) electrons. The Morgan fingerprint density at radius 1 is 1.14 bits per heavy atom. The Kier molecular flexibility index (Phi) is 6.26. The lowest BCUT2D eigenvalue weighted by molar-refractivity contribution is -0.286. The second kappa shape index (κ2) is 8.52. The summed E-state index contributed by atoms with van der Waals surface area (Å²) in [4.78, 5) is 14.5. The Labute approximate surface area is 173 Å². The summed E-state index contributed by atoms with van der Waals surface area (Å²) in [6, 6.07) is 14.3. The van der Waals surface area contributed by atoms with Gasteiger partial charge >= 0.3 is 6.29 Å². The lowest BCUT2D eigenvalue weighted by Gasteiger charge is -2.16. The second-order valence-corrected chi connectivity index (χ2v) is 7.08. The summed E-state index contributed by atoms with van der Waals surface area (Å²) < 4.78 is 35.0.